The van der Waals surface area contributed by atoms with Crippen LogP contribution in [0.25, 0.3) is 0 Å². The van der Waals surface area contributed by atoms with E-state index in [2.05, 4.69) is 26.0 Å². The van der Waals surface area contributed by atoms with Crippen molar-refractivity contribution in [3.8, 4) is 0 Å². The van der Waals surface area contributed by atoms with E-state index in [1.165, 1.54) is 33.1 Å². The third-order valence-corrected chi connectivity index (χ3v) is 8.32. The minimum absolute atomic E-state index is 0.0173. The molecule has 0 bridgehead atoms. The van der Waals surface area contributed by atoms with Gasteiger partial charge in [0.2, 0.25) is 0 Å². The van der Waals surface area contributed by atoms with E-state index in [4.69, 9.17) is 9.47 Å². The highest BCUT2D eigenvalue weighted by atomic mass is 16.5. The monoisotopic (exact) mass is 372 g/mol. The summed E-state index contributed by atoms with van der Waals surface area (Å²) in [7, 11) is 0. The van der Waals surface area contributed by atoms with E-state index >= 15 is 0 Å². The van der Waals surface area contributed by atoms with Crippen molar-refractivity contribution >= 4 is 11.9 Å². The van der Waals surface area contributed by atoms with Crippen molar-refractivity contribution in [1.82, 2.24) is 0 Å². The largest absolute Gasteiger partial charge is 0.432 e. The lowest BCUT2D eigenvalue weighted by molar-refractivity contribution is -0.142. The van der Waals surface area contributed by atoms with Gasteiger partial charge >= 0.3 is 11.9 Å². The van der Waals surface area contributed by atoms with Gasteiger partial charge in [-0.3, -0.25) is 9.59 Å². The molecule has 4 aliphatic rings. The molecule has 0 aromatic heterocycles. The maximum atomic E-state index is 11.5. The Balaban J connectivity index is 1.55. The standard InChI is InChI=1S/C23H32O4/c1-14(24)26-17-9-11-22(3)16(13-17)5-6-18-19-7-8-21(27-15(2)25)23(19,4)12-10-20(18)22/h8-9,16,18-20H,5-7,10-13H2,1-4H3/t16?,18-,19-,20-,22-,23-/m0/s1. The molecule has 27 heavy (non-hydrogen) atoms. The average Bonchev–Trinajstić information content (AvgIpc) is 2.91. The minimum Gasteiger partial charge on any atom is -0.432 e. The van der Waals surface area contributed by atoms with Gasteiger partial charge < -0.3 is 9.47 Å². The van der Waals surface area contributed by atoms with Gasteiger partial charge in [-0.2, -0.15) is 0 Å². The molecule has 0 amide bonds. The van der Waals surface area contributed by atoms with E-state index in [9.17, 15) is 9.59 Å². The summed E-state index contributed by atoms with van der Waals surface area (Å²) < 4.78 is 11.0. The van der Waals surface area contributed by atoms with Crippen LogP contribution in [0.5, 0.6) is 0 Å². The highest BCUT2D eigenvalue weighted by molar-refractivity contribution is 5.68. The fourth-order valence-electron chi connectivity index (χ4n) is 6.96. The highest BCUT2D eigenvalue weighted by Crippen LogP contribution is 2.66. The van der Waals surface area contributed by atoms with Crippen LogP contribution in [0.3, 0.4) is 0 Å². The number of hydrogen-bond donors (Lipinski definition) is 0. The predicted molar refractivity (Wildman–Crippen MR) is 102 cm³/mol. The van der Waals surface area contributed by atoms with E-state index < -0.39 is 0 Å². The SMILES string of the molecule is CC(=O)OC1=CC[C@@]2(C)C(CC[C@@H]3[C@@H]2CC[C@]2(C)C(OC(C)=O)=CC[C@@H]32)C1. The summed E-state index contributed by atoms with van der Waals surface area (Å²) in [6, 6.07) is 0. The first-order chi connectivity index (χ1) is 12.7. The lowest BCUT2D eigenvalue weighted by Gasteiger charge is -2.59. The van der Waals surface area contributed by atoms with E-state index in [1.54, 1.807) is 0 Å². The first-order valence-corrected chi connectivity index (χ1v) is 10.5. The van der Waals surface area contributed by atoms with Crippen LogP contribution < -0.4 is 0 Å². The molecule has 0 heterocycles. The van der Waals surface area contributed by atoms with Gasteiger partial charge in [-0.25, -0.2) is 0 Å². The number of hydrogen-bond acceptors (Lipinski definition) is 4. The maximum Gasteiger partial charge on any atom is 0.307 e. The Morgan fingerprint density at radius 2 is 1.74 bits per heavy atom. The van der Waals surface area contributed by atoms with Crippen molar-refractivity contribution < 1.29 is 19.1 Å². The number of fused-ring (bicyclic) bond motifs is 5. The van der Waals surface area contributed by atoms with Gasteiger partial charge in [0.15, 0.2) is 0 Å². The molecule has 0 aliphatic heterocycles. The number of carbonyl (C=O) groups excluding carboxylic acids is 2. The minimum atomic E-state index is -0.206. The van der Waals surface area contributed by atoms with Crippen molar-refractivity contribution in [2.24, 2.45) is 34.5 Å². The summed E-state index contributed by atoms with van der Waals surface area (Å²) in [6.45, 7) is 7.77. The fourth-order valence-corrected chi connectivity index (χ4v) is 6.96. The molecule has 0 aromatic carbocycles. The van der Waals surface area contributed by atoms with Crippen LogP contribution in [-0.2, 0) is 19.1 Å². The topological polar surface area (TPSA) is 52.6 Å². The average molecular weight is 373 g/mol. The molecule has 4 heteroatoms. The predicted octanol–water partition coefficient (Wildman–Crippen LogP) is 5.14. The van der Waals surface area contributed by atoms with Gasteiger partial charge in [0.25, 0.3) is 0 Å². The molecule has 4 rings (SSSR count). The third-order valence-electron chi connectivity index (χ3n) is 8.32. The number of ether oxygens (including phenoxy) is 2. The van der Waals surface area contributed by atoms with Gasteiger partial charge in [0, 0.05) is 25.7 Å². The van der Waals surface area contributed by atoms with Gasteiger partial charge in [0.1, 0.15) is 11.5 Å². The van der Waals surface area contributed by atoms with Crippen molar-refractivity contribution in [2.75, 3.05) is 0 Å². The fraction of sp³-hybridized carbons (Fsp3) is 0.739. The lowest BCUT2D eigenvalue weighted by atomic mass is 9.46. The molecule has 0 saturated heterocycles. The Kier molecular flexibility index (Phi) is 4.51. The van der Waals surface area contributed by atoms with Crippen molar-refractivity contribution in [3.63, 3.8) is 0 Å². The van der Waals surface area contributed by atoms with Crippen LogP contribution in [0, 0.1) is 34.5 Å². The van der Waals surface area contributed by atoms with Crippen LogP contribution in [-0.4, -0.2) is 11.9 Å². The zero-order chi connectivity index (χ0) is 19.4. The summed E-state index contributed by atoms with van der Waals surface area (Å²) in [6.07, 6.45) is 12.0. The molecule has 0 N–H and O–H groups in total. The summed E-state index contributed by atoms with van der Waals surface area (Å²) in [5.41, 5.74) is 0.307. The normalized spacial score (nSPS) is 42.8. The smallest absolute Gasteiger partial charge is 0.307 e. The number of rotatable bonds is 2. The van der Waals surface area contributed by atoms with Crippen LogP contribution in [0.4, 0.5) is 0 Å². The first-order valence-electron chi connectivity index (χ1n) is 10.5. The van der Waals surface area contributed by atoms with Crippen molar-refractivity contribution in [1.29, 1.82) is 0 Å². The number of allylic oxidation sites excluding steroid dienone is 4. The second-order valence-corrected chi connectivity index (χ2v) is 9.68. The molecule has 2 fully saturated rings. The molecule has 0 aromatic rings. The zero-order valence-electron chi connectivity index (χ0n) is 17.0. The van der Waals surface area contributed by atoms with Gasteiger partial charge in [-0.05, 0) is 79.8 Å². The molecule has 1 unspecified atom stereocenters. The maximum absolute atomic E-state index is 11.5. The van der Waals surface area contributed by atoms with Gasteiger partial charge in [0.05, 0.1) is 0 Å². The Morgan fingerprint density at radius 3 is 2.44 bits per heavy atom. The molecule has 2 saturated carbocycles. The Labute approximate surface area is 162 Å². The molecule has 4 nitrogen and oxygen atoms in total. The number of esters is 2. The van der Waals surface area contributed by atoms with Crippen molar-refractivity contribution in [3.05, 3.63) is 23.7 Å². The summed E-state index contributed by atoms with van der Waals surface area (Å²) in [5.74, 6) is 3.98. The molecule has 0 spiro atoms. The first kappa shape index (κ1) is 18.8. The summed E-state index contributed by atoms with van der Waals surface area (Å²) in [4.78, 5) is 22.9. The van der Waals surface area contributed by atoms with Gasteiger partial charge in [-0.1, -0.05) is 13.8 Å². The summed E-state index contributed by atoms with van der Waals surface area (Å²) >= 11 is 0. The van der Waals surface area contributed by atoms with E-state index in [-0.39, 0.29) is 22.8 Å². The van der Waals surface area contributed by atoms with Crippen LogP contribution in [0.15, 0.2) is 23.7 Å². The van der Waals surface area contributed by atoms with Crippen molar-refractivity contribution in [2.45, 2.75) is 72.6 Å². The second-order valence-electron chi connectivity index (χ2n) is 9.68. The quantitative estimate of drug-likeness (QED) is 0.630. The van der Waals surface area contributed by atoms with E-state index in [0.717, 1.165) is 37.2 Å². The lowest BCUT2D eigenvalue weighted by Crippen LogP contribution is -2.52. The van der Waals surface area contributed by atoms with E-state index in [0.29, 0.717) is 23.7 Å². The molecule has 148 valence electrons. The van der Waals surface area contributed by atoms with Gasteiger partial charge in [-0.15, -0.1) is 0 Å². The number of carbonyl (C=O) groups is 2. The van der Waals surface area contributed by atoms with E-state index in [1.807, 2.05) is 0 Å². The zero-order valence-corrected chi connectivity index (χ0v) is 17.0. The van der Waals surface area contributed by atoms with Crippen LogP contribution >= 0.6 is 0 Å². The Morgan fingerprint density at radius 1 is 1.00 bits per heavy atom. The van der Waals surface area contributed by atoms with Crippen LogP contribution in [0.1, 0.15) is 72.6 Å². The highest BCUT2D eigenvalue weighted by Gasteiger charge is 2.58. The molecular formula is C23H32O4. The summed E-state index contributed by atoms with van der Waals surface area (Å²) in [5, 5.41) is 0. The molecule has 0 radical (unpaired) electrons. The molecular weight excluding hydrogens is 340 g/mol. The second kappa shape index (κ2) is 6.49. The van der Waals surface area contributed by atoms with Crippen LogP contribution in [0.2, 0.25) is 0 Å². The third kappa shape index (κ3) is 2.96. The molecule has 4 aliphatic carbocycles. The molecule has 6 atom stereocenters. The Hall–Kier alpha value is -1.58. The Bertz CT molecular complexity index is 720.